The molecule has 2 amide bonds. The minimum absolute atomic E-state index is 0.148. The highest BCUT2D eigenvalue weighted by atomic mass is 19.3. The van der Waals surface area contributed by atoms with E-state index in [2.05, 4.69) is 25.8 Å². The van der Waals surface area contributed by atoms with Crippen LogP contribution in [0.1, 0.15) is 66.9 Å². The molecule has 0 aromatic carbocycles. The maximum absolute atomic E-state index is 14.4. The first-order valence-electron chi connectivity index (χ1n) is 13.7. The molecular formula is C27H31F4N7O4. The fourth-order valence-corrected chi connectivity index (χ4v) is 5.85. The molecule has 42 heavy (non-hydrogen) atoms. The van der Waals surface area contributed by atoms with Crippen LogP contribution in [0.3, 0.4) is 0 Å². The van der Waals surface area contributed by atoms with Crippen molar-refractivity contribution in [1.82, 2.24) is 35.0 Å². The molecule has 1 aliphatic heterocycles. The van der Waals surface area contributed by atoms with Gasteiger partial charge in [0.05, 0.1) is 37.3 Å². The summed E-state index contributed by atoms with van der Waals surface area (Å²) in [5, 5.41) is 13.6. The number of piperidine rings is 1. The van der Waals surface area contributed by atoms with Gasteiger partial charge in [-0.15, -0.1) is 0 Å². The summed E-state index contributed by atoms with van der Waals surface area (Å²) < 4.78 is 64.3. The predicted molar refractivity (Wildman–Crippen MR) is 139 cm³/mol. The molecule has 2 fully saturated rings. The lowest BCUT2D eigenvalue weighted by Crippen LogP contribution is -2.59. The van der Waals surface area contributed by atoms with Crippen molar-refractivity contribution in [3.8, 4) is 0 Å². The Labute approximate surface area is 238 Å². The molecule has 226 valence electrons. The second kappa shape index (κ2) is 11.0. The Bertz CT molecular complexity index is 1490. The van der Waals surface area contributed by atoms with Crippen molar-refractivity contribution in [3.63, 3.8) is 0 Å². The summed E-state index contributed by atoms with van der Waals surface area (Å²) in [6.07, 6.45) is 1.18. The number of nitrogens with one attached hydrogen (secondary N) is 2. The van der Waals surface area contributed by atoms with Crippen LogP contribution in [0.4, 0.5) is 17.6 Å². The predicted octanol–water partition coefficient (Wildman–Crippen LogP) is 3.10. The van der Waals surface area contributed by atoms with Crippen molar-refractivity contribution in [1.29, 1.82) is 0 Å². The number of ether oxygens (including phenoxy) is 1. The van der Waals surface area contributed by atoms with E-state index in [-0.39, 0.29) is 37.3 Å². The van der Waals surface area contributed by atoms with E-state index in [1.165, 1.54) is 33.7 Å². The number of rotatable bonds is 8. The van der Waals surface area contributed by atoms with Gasteiger partial charge in [-0.3, -0.25) is 19.1 Å². The number of aromatic nitrogens is 5. The first kappa shape index (κ1) is 29.5. The van der Waals surface area contributed by atoms with E-state index in [1.807, 2.05) is 6.92 Å². The number of aryl methyl sites for hydroxylation is 1. The van der Waals surface area contributed by atoms with Crippen molar-refractivity contribution < 1.29 is 36.7 Å². The zero-order chi connectivity index (χ0) is 30.3. The Morgan fingerprint density at radius 1 is 1.17 bits per heavy atom. The summed E-state index contributed by atoms with van der Waals surface area (Å²) >= 11 is 0. The molecule has 1 saturated carbocycles. The molecule has 2 N–H and O–H groups in total. The Morgan fingerprint density at radius 2 is 1.90 bits per heavy atom. The van der Waals surface area contributed by atoms with Crippen LogP contribution in [0.15, 0.2) is 30.6 Å². The third-order valence-electron chi connectivity index (χ3n) is 8.04. The first-order chi connectivity index (χ1) is 19.9. The van der Waals surface area contributed by atoms with Crippen LogP contribution in [0.2, 0.25) is 0 Å². The first-order valence-corrected chi connectivity index (χ1v) is 13.7. The number of carbonyl (C=O) groups is 3. The van der Waals surface area contributed by atoms with Gasteiger partial charge in [-0.05, 0) is 43.9 Å². The molecule has 0 radical (unpaired) electrons. The van der Waals surface area contributed by atoms with Crippen molar-refractivity contribution in [3.05, 3.63) is 47.7 Å². The average molecular weight is 594 g/mol. The van der Waals surface area contributed by atoms with E-state index in [4.69, 9.17) is 4.74 Å². The van der Waals surface area contributed by atoms with Crippen LogP contribution in [0, 0.1) is 11.3 Å². The standard InChI is InChI=1S/C27H31F4N7O4/c1-3-37-19(8-11-33-37)22(39)35-21(16-6-9-26(28,29)10-7-16)18-13-38-20(34-18)5-4-17(36-38)12-25(24(41)42-2)14-27(30,31)15-32-23(25)40/h4-5,8,11,13,16,21H,3,6-7,9-10,12,14-15H2,1-2H3,(H,32,40)(H,35,39)/t21-,25?/m0/s1. The summed E-state index contributed by atoms with van der Waals surface area (Å²) in [6, 6.07) is 3.83. The maximum Gasteiger partial charge on any atom is 0.322 e. The van der Waals surface area contributed by atoms with E-state index in [0.29, 0.717) is 23.6 Å². The highest BCUT2D eigenvalue weighted by molar-refractivity contribution is 6.03. The molecule has 5 rings (SSSR count). The minimum Gasteiger partial charge on any atom is -0.468 e. The molecule has 1 saturated heterocycles. The number of carbonyl (C=O) groups excluding carboxylic acids is 3. The molecule has 3 aromatic rings. The van der Waals surface area contributed by atoms with Crippen molar-refractivity contribution >= 4 is 23.4 Å². The smallest absolute Gasteiger partial charge is 0.322 e. The third kappa shape index (κ3) is 5.68. The Morgan fingerprint density at radius 3 is 2.60 bits per heavy atom. The number of methoxy groups -OCH3 is 1. The summed E-state index contributed by atoms with van der Waals surface area (Å²) in [5.41, 5.74) is -1.03. The van der Waals surface area contributed by atoms with Gasteiger partial charge in [0, 0.05) is 38.4 Å². The summed E-state index contributed by atoms with van der Waals surface area (Å²) in [5.74, 6) is -8.87. The lowest BCUT2D eigenvalue weighted by Gasteiger charge is -2.37. The van der Waals surface area contributed by atoms with Crippen molar-refractivity contribution in [2.24, 2.45) is 11.3 Å². The van der Waals surface area contributed by atoms with Crippen molar-refractivity contribution in [2.75, 3.05) is 13.7 Å². The minimum atomic E-state index is -3.33. The van der Waals surface area contributed by atoms with Crippen LogP contribution >= 0.6 is 0 Å². The van der Waals surface area contributed by atoms with Crippen LogP contribution < -0.4 is 10.6 Å². The Hall–Kier alpha value is -4.04. The van der Waals surface area contributed by atoms with Crippen LogP contribution in [-0.2, 0) is 27.3 Å². The molecular weight excluding hydrogens is 562 g/mol. The van der Waals surface area contributed by atoms with Gasteiger partial charge in [-0.25, -0.2) is 27.1 Å². The molecule has 11 nitrogen and oxygen atoms in total. The molecule has 15 heteroatoms. The van der Waals surface area contributed by atoms with Gasteiger partial charge < -0.3 is 15.4 Å². The largest absolute Gasteiger partial charge is 0.468 e. The van der Waals surface area contributed by atoms with E-state index in [0.717, 1.165) is 7.11 Å². The van der Waals surface area contributed by atoms with Gasteiger partial charge in [0.2, 0.25) is 11.8 Å². The number of alkyl halides is 4. The van der Waals surface area contributed by atoms with Crippen molar-refractivity contribution in [2.45, 2.75) is 69.9 Å². The van der Waals surface area contributed by atoms with Crippen LogP contribution in [0.5, 0.6) is 0 Å². The van der Waals surface area contributed by atoms with Gasteiger partial charge in [-0.1, -0.05) is 0 Å². The Kier molecular flexibility index (Phi) is 7.70. The van der Waals surface area contributed by atoms with Crippen LogP contribution in [-0.4, -0.2) is 67.7 Å². The summed E-state index contributed by atoms with van der Waals surface area (Å²) in [6.45, 7) is 1.40. The number of hydrogen-bond acceptors (Lipinski definition) is 7. The molecule has 1 unspecified atom stereocenters. The highest BCUT2D eigenvalue weighted by Crippen LogP contribution is 2.42. The number of halogens is 4. The molecule has 4 heterocycles. The zero-order valence-electron chi connectivity index (χ0n) is 23.1. The zero-order valence-corrected chi connectivity index (χ0v) is 23.1. The number of amides is 2. The molecule has 0 bridgehead atoms. The van der Waals surface area contributed by atoms with Gasteiger partial charge >= 0.3 is 5.97 Å². The lowest BCUT2D eigenvalue weighted by molar-refractivity contribution is -0.172. The number of hydrogen-bond donors (Lipinski definition) is 2. The molecule has 0 spiro atoms. The second-order valence-corrected chi connectivity index (χ2v) is 10.9. The van der Waals surface area contributed by atoms with E-state index < -0.39 is 60.5 Å². The van der Waals surface area contributed by atoms with Crippen LogP contribution in [0.25, 0.3) is 5.65 Å². The lowest BCUT2D eigenvalue weighted by atomic mass is 9.74. The molecule has 2 atom stereocenters. The second-order valence-electron chi connectivity index (χ2n) is 10.9. The number of esters is 1. The fraction of sp³-hybridized carbons (Fsp3) is 0.556. The van der Waals surface area contributed by atoms with E-state index >= 15 is 0 Å². The van der Waals surface area contributed by atoms with Gasteiger partial charge in [0.1, 0.15) is 5.69 Å². The number of imidazole rings is 1. The molecule has 3 aromatic heterocycles. The number of nitrogens with zero attached hydrogens (tertiary/aromatic N) is 5. The number of fused-ring (bicyclic) bond motifs is 1. The SMILES string of the molecule is CCn1nccc1C(=O)N[C@H](c1cn2nc(CC3(C(=O)OC)CC(F)(F)CNC3=O)ccc2n1)C1CCC(F)(F)CC1. The maximum atomic E-state index is 14.4. The molecule has 2 aliphatic rings. The Balaban J connectivity index is 1.47. The van der Waals surface area contributed by atoms with Gasteiger partial charge in [0.15, 0.2) is 11.1 Å². The van der Waals surface area contributed by atoms with E-state index in [9.17, 15) is 31.9 Å². The van der Waals surface area contributed by atoms with E-state index in [1.54, 1.807) is 6.07 Å². The topological polar surface area (TPSA) is 133 Å². The normalized spacial score (nSPS) is 22.9. The van der Waals surface area contributed by atoms with Gasteiger partial charge in [0.25, 0.3) is 11.8 Å². The monoisotopic (exact) mass is 593 g/mol. The van der Waals surface area contributed by atoms with Gasteiger partial charge in [-0.2, -0.15) is 10.2 Å². The quantitative estimate of drug-likeness (QED) is 0.233. The summed E-state index contributed by atoms with van der Waals surface area (Å²) in [4.78, 5) is 43.2. The summed E-state index contributed by atoms with van der Waals surface area (Å²) in [7, 11) is 1.02. The molecule has 1 aliphatic carbocycles. The third-order valence-corrected chi connectivity index (χ3v) is 8.04. The average Bonchev–Trinajstić information content (AvgIpc) is 3.60. The highest BCUT2D eigenvalue weighted by Gasteiger charge is 2.57. The fourth-order valence-electron chi connectivity index (χ4n) is 5.85.